The smallest absolute Gasteiger partial charge is 0.317 e. The van der Waals surface area contributed by atoms with Crippen LogP contribution in [-0.2, 0) is 4.79 Å². The molecule has 0 saturated heterocycles. The van der Waals surface area contributed by atoms with Gasteiger partial charge in [0.2, 0.25) is 0 Å². The van der Waals surface area contributed by atoms with Crippen LogP contribution in [0.2, 0.25) is 0 Å². The summed E-state index contributed by atoms with van der Waals surface area (Å²) in [5, 5.41) is 20.9. The normalized spacial score (nSPS) is 26.1. The first-order valence-corrected chi connectivity index (χ1v) is 7.52. The number of carboxylic acid groups (broad SMARTS) is 1. The van der Waals surface area contributed by atoms with Crippen molar-refractivity contribution in [1.82, 2.24) is 10.2 Å². The van der Waals surface area contributed by atoms with Crippen LogP contribution < -0.4 is 5.32 Å². The van der Waals surface area contributed by atoms with E-state index in [1.54, 1.807) is 0 Å². The van der Waals surface area contributed by atoms with Crippen LogP contribution >= 0.6 is 0 Å². The Labute approximate surface area is 119 Å². The van der Waals surface area contributed by atoms with Crippen LogP contribution in [0.4, 0.5) is 4.79 Å². The molecule has 0 bridgehead atoms. The number of aliphatic carboxylic acids is 1. The average molecular weight is 284 g/mol. The maximum Gasteiger partial charge on any atom is 0.317 e. The molecule has 6 heteroatoms. The Balaban J connectivity index is 1.83. The molecule has 2 aliphatic carbocycles. The minimum atomic E-state index is -0.766. The lowest BCUT2D eigenvalue weighted by Crippen LogP contribution is -2.51. The molecule has 0 heterocycles. The topological polar surface area (TPSA) is 89.9 Å². The molecule has 0 aromatic heterocycles. The Morgan fingerprint density at radius 3 is 2.45 bits per heavy atom. The van der Waals surface area contributed by atoms with Crippen molar-refractivity contribution in [3.63, 3.8) is 0 Å². The number of carbonyl (C=O) groups is 2. The number of nitrogens with one attached hydrogen (secondary N) is 1. The number of carboxylic acids is 1. The van der Waals surface area contributed by atoms with Crippen LogP contribution in [0.3, 0.4) is 0 Å². The van der Waals surface area contributed by atoms with Gasteiger partial charge in [-0.15, -0.1) is 0 Å². The van der Waals surface area contributed by atoms with E-state index >= 15 is 0 Å². The van der Waals surface area contributed by atoms with Gasteiger partial charge in [-0.25, -0.2) is 4.79 Å². The van der Waals surface area contributed by atoms with Crippen LogP contribution in [0.1, 0.15) is 44.9 Å². The highest BCUT2D eigenvalue weighted by atomic mass is 16.4. The quantitative estimate of drug-likeness (QED) is 0.683. The molecule has 0 radical (unpaired) electrons. The van der Waals surface area contributed by atoms with Gasteiger partial charge in [-0.3, -0.25) is 4.79 Å². The highest BCUT2D eigenvalue weighted by Gasteiger charge is 2.33. The zero-order valence-electron chi connectivity index (χ0n) is 11.8. The minimum Gasteiger partial charge on any atom is -0.481 e. The lowest BCUT2D eigenvalue weighted by molar-refractivity contribution is -0.141. The van der Waals surface area contributed by atoms with E-state index in [0.717, 1.165) is 25.7 Å². The van der Waals surface area contributed by atoms with E-state index in [1.165, 1.54) is 0 Å². The largest absolute Gasteiger partial charge is 0.481 e. The van der Waals surface area contributed by atoms with Gasteiger partial charge in [0.05, 0.1) is 5.92 Å². The lowest BCUT2D eigenvalue weighted by Gasteiger charge is -2.38. The molecule has 2 rings (SSSR count). The molecule has 6 nitrogen and oxygen atoms in total. The summed E-state index contributed by atoms with van der Waals surface area (Å²) in [6.07, 6.45) is 5.70. The van der Waals surface area contributed by atoms with Crippen molar-refractivity contribution >= 4 is 12.0 Å². The molecule has 114 valence electrons. The number of amides is 2. The predicted octanol–water partition coefficient (Wildman–Crippen LogP) is 1.19. The monoisotopic (exact) mass is 284 g/mol. The molecule has 2 atom stereocenters. The number of urea groups is 1. The number of hydrogen-bond acceptors (Lipinski definition) is 3. The third-order valence-electron chi connectivity index (χ3n) is 4.44. The van der Waals surface area contributed by atoms with Crippen LogP contribution in [0.5, 0.6) is 0 Å². The predicted molar refractivity (Wildman–Crippen MR) is 73.3 cm³/mol. The minimum absolute atomic E-state index is 0.0275. The van der Waals surface area contributed by atoms with Crippen molar-refractivity contribution < 1.29 is 19.8 Å². The summed E-state index contributed by atoms with van der Waals surface area (Å²) in [5.74, 6) is -1.09. The highest BCUT2D eigenvalue weighted by Crippen LogP contribution is 2.28. The molecular formula is C14H24N2O4. The van der Waals surface area contributed by atoms with E-state index in [9.17, 15) is 9.59 Å². The number of aliphatic hydroxyl groups is 1. The van der Waals surface area contributed by atoms with Crippen LogP contribution in [-0.4, -0.2) is 52.3 Å². The van der Waals surface area contributed by atoms with Gasteiger partial charge < -0.3 is 20.4 Å². The van der Waals surface area contributed by atoms with Gasteiger partial charge in [0.15, 0.2) is 0 Å². The molecule has 20 heavy (non-hydrogen) atoms. The van der Waals surface area contributed by atoms with E-state index in [1.807, 2.05) is 4.90 Å². The van der Waals surface area contributed by atoms with Crippen molar-refractivity contribution in [3.05, 3.63) is 0 Å². The summed E-state index contributed by atoms with van der Waals surface area (Å²) in [7, 11) is 0. The fraction of sp³-hybridized carbons (Fsp3) is 0.857. The van der Waals surface area contributed by atoms with E-state index < -0.39 is 5.97 Å². The van der Waals surface area contributed by atoms with Crippen molar-refractivity contribution in [2.24, 2.45) is 5.92 Å². The van der Waals surface area contributed by atoms with Gasteiger partial charge in [-0.05, 0) is 44.9 Å². The second-order valence-electron chi connectivity index (χ2n) is 5.85. The second kappa shape index (κ2) is 6.92. The Hall–Kier alpha value is -1.30. The van der Waals surface area contributed by atoms with Gasteiger partial charge in [0.25, 0.3) is 0 Å². The summed E-state index contributed by atoms with van der Waals surface area (Å²) in [6, 6.07) is 0.165. The number of aliphatic hydroxyl groups excluding tert-OH is 1. The molecule has 0 spiro atoms. The van der Waals surface area contributed by atoms with Crippen molar-refractivity contribution in [1.29, 1.82) is 0 Å². The summed E-state index contributed by atoms with van der Waals surface area (Å²) in [6.45, 7) is 0.656. The third kappa shape index (κ3) is 3.62. The number of hydrogen-bond donors (Lipinski definition) is 3. The standard InChI is InChI=1S/C14H24N2O4/c17-8-2-7-16(12-3-1-4-12)14(20)15-11-6-5-10(9-11)13(18)19/h10-12,17H,1-9H2,(H,15,20)(H,18,19)/t10-,11+/m1/s1. The van der Waals surface area contributed by atoms with Crippen molar-refractivity contribution in [2.75, 3.05) is 13.2 Å². The summed E-state index contributed by atoms with van der Waals surface area (Å²) < 4.78 is 0. The van der Waals surface area contributed by atoms with Crippen LogP contribution in [0.25, 0.3) is 0 Å². The fourth-order valence-corrected chi connectivity index (χ4v) is 2.98. The van der Waals surface area contributed by atoms with Gasteiger partial charge in [0, 0.05) is 25.2 Å². The molecule has 3 N–H and O–H groups in total. The molecule has 0 aromatic carbocycles. The Morgan fingerprint density at radius 1 is 1.20 bits per heavy atom. The van der Waals surface area contributed by atoms with E-state index in [-0.39, 0.29) is 24.6 Å². The zero-order chi connectivity index (χ0) is 14.5. The molecular weight excluding hydrogens is 260 g/mol. The average Bonchev–Trinajstić information content (AvgIpc) is 2.80. The first-order chi connectivity index (χ1) is 9.61. The third-order valence-corrected chi connectivity index (χ3v) is 4.44. The van der Waals surface area contributed by atoms with Crippen LogP contribution in [0.15, 0.2) is 0 Å². The van der Waals surface area contributed by atoms with Gasteiger partial charge in [-0.1, -0.05) is 0 Å². The van der Waals surface area contributed by atoms with E-state index in [4.69, 9.17) is 10.2 Å². The Bertz CT molecular complexity index is 357. The molecule has 2 saturated carbocycles. The SMILES string of the molecule is O=C(O)[C@@H]1CC[C@H](NC(=O)N(CCCO)C2CCC2)C1. The Kier molecular flexibility index (Phi) is 5.23. The van der Waals surface area contributed by atoms with Crippen molar-refractivity contribution in [2.45, 2.75) is 57.0 Å². The number of rotatable bonds is 6. The lowest BCUT2D eigenvalue weighted by atomic mass is 9.91. The molecule has 2 fully saturated rings. The zero-order valence-corrected chi connectivity index (χ0v) is 11.8. The molecule has 0 unspecified atom stereocenters. The van der Waals surface area contributed by atoms with Crippen LogP contribution in [0, 0.1) is 5.92 Å². The second-order valence-corrected chi connectivity index (χ2v) is 5.85. The highest BCUT2D eigenvalue weighted by molar-refractivity contribution is 5.75. The first kappa shape index (κ1) is 15.1. The van der Waals surface area contributed by atoms with Gasteiger partial charge in [0.1, 0.15) is 0 Å². The summed E-state index contributed by atoms with van der Waals surface area (Å²) in [4.78, 5) is 25.0. The molecule has 2 amide bonds. The van der Waals surface area contributed by atoms with Gasteiger partial charge >= 0.3 is 12.0 Å². The fourth-order valence-electron chi connectivity index (χ4n) is 2.98. The molecule has 2 aliphatic rings. The van der Waals surface area contributed by atoms with Gasteiger partial charge in [-0.2, -0.15) is 0 Å². The first-order valence-electron chi connectivity index (χ1n) is 7.52. The molecule has 0 aromatic rings. The summed E-state index contributed by atoms with van der Waals surface area (Å²) >= 11 is 0. The Morgan fingerprint density at radius 2 is 1.95 bits per heavy atom. The number of nitrogens with zero attached hydrogens (tertiary/aromatic N) is 1. The van der Waals surface area contributed by atoms with Crippen molar-refractivity contribution in [3.8, 4) is 0 Å². The maximum absolute atomic E-state index is 12.3. The van der Waals surface area contributed by atoms with E-state index in [2.05, 4.69) is 5.32 Å². The summed E-state index contributed by atoms with van der Waals surface area (Å²) in [5.41, 5.74) is 0. The maximum atomic E-state index is 12.3. The number of carbonyl (C=O) groups excluding carboxylic acids is 1. The molecule has 0 aliphatic heterocycles. The van der Waals surface area contributed by atoms with E-state index in [0.29, 0.717) is 31.8 Å².